The summed E-state index contributed by atoms with van der Waals surface area (Å²) in [4.78, 5) is 24.0. The molecule has 1 N–H and O–H groups in total. The number of esters is 1. The second-order valence-electron chi connectivity index (χ2n) is 4.88. The average Bonchev–Trinajstić information content (AvgIpc) is 2.53. The number of carbonyl (C=O) groups is 2. The molecule has 0 bridgehead atoms. The Morgan fingerprint density at radius 3 is 2.39 bits per heavy atom. The highest BCUT2D eigenvalue weighted by Gasteiger charge is 2.34. The van der Waals surface area contributed by atoms with Gasteiger partial charge in [-0.3, -0.25) is 4.79 Å². The summed E-state index contributed by atoms with van der Waals surface area (Å²) in [7, 11) is 2.50. The first-order chi connectivity index (χ1) is 10.8. The predicted molar refractivity (Wildman–Crippen MR) is 77.8 cm³/mol. The lowest BCUT2D eigenvalue weighted by molar-refractivity contribution is -0.147. The largest absolute Gasteiger partial charge is 0.493 e. The number of hydrogen-bond acceptors (Lipinski definition) is 5. The molecule has 1 amide bonds. The number of ether oxygens (including phenoxy) is 3. The lowest BCUT2D eigenvalue weighted by Crippen LogP contribution is -2.52. The molecule has 8 heteroatoms. The highest BCUT2D eigenvalue weighted by Crippen LogP contribution is 2.29. The van der Waals surface area contributed by atoms with Gasteiger partial charge in [0.05, 0.1) is 14.2 Å². The summed E-state index contributed by atoms with van der Waals surface area (Å²) in [5.74, 6) is -1.44. The van der Waals surface area contributed by atoms with Crippen LogP contribution in [0, 0.1) is 0 Å². The van der Waals surface area contributed by atoms with Crippen molar-refractivity contribution in [2.24, 2.45) is 0 Å². The van der Waals surface area contributed by atoms with Crippen LogP contribution in [0.4, 0.5) is 8.78 Å². The van der Waals surface area contributed by atoms with Gasteiger partial charge in [-0.15, -0.1) is 0 Å². The fourth-order valence-electron chi connectivity index (χ4n) is 1.84. The van der Waals surface area contributed by atoms with Crippen molar-refractivity contribution in [2.45, 2.75) is 32.4 Å². The zero-order valence-corrected chi connectivity index (χ0v) is 13.3. The molecule has 0 aliphatic rings. The number of carbonyl (C=O) groups excluding carboxylic acids is 2. The molecule has 23 heavy (non-hydrogen) atoms. The molecular formula is C15H19F2NO5. The van der Waals surface area contributed by atoms with Crippen molar-refractivity contribution < 1.29 is 32.6 Å². The molecule has 0 fully saturated rings. The lowest BCUT2D eigenvalue weighted by atomic mass is 9.98. The van der Waals surface area contributed by atoms with E-state index in [1.165, 1.54) is 33.3 Å². The molecule has 1 aromatic rings. The minimum atomic E-state index is -3.06. The van der Waals surface area contributed by atoms with Gasteiger partial charge in [0, 0.05) is 5.56 Å². The molecule has 0 saturated heterocycles. The van der Waals surface area contributed by atoms with Gasteiger partial charge in [0.1, 0.15) is 5.54 Å². The fraction of sp³-hybridized carbons (Fsp3) is 0.467. The van der Waals surface area contributed by atoms with Crippen molar-refractivity contribution in [3.05, 3.63) is 23.8 Å². The highest BCUT2D eigenvalue weighted by molar-refractivity contribution is 5.98. The Balaban J connectivity index is 3.06. The second-order valence-corrected chi connectivity index (χ2v) is 4.88. The van der Waals surface area contributed by atoms with E-state index >= 15 is 0 Å². The van der Waals surface area contributed by atoms with E-state index in [1.807, 2.05) is 0 Å². The van der Waals surface area contributed by atoms with Crippen molar-refractivity contribution in [1.29, 1.82) is 0 Å². The Morgan fingerprint density at radius 1 is 1.26 bits per heavy atom. The number of nitrogens with one attached hydrogen (secondary N) is 1. The van der Waals surface area contributed by atoms with Crippen LogP contribution in [0.3, 0.4) is 0 Å². The third-order valence-corrected chi connectivity index (χ3v) is 3.37. The molecule has 128 valence electrons. The van der Waals surface area contributed by atoms with Crippen LogP contribution in [0.2, 0.25) is 0 Å². The van der Waals surface area contributed by atoms with E-state index in [9.17, 15) is 18.4 Å². The summed E-state index contributed by atoms with van der Waals surface area (Å²) >= 11 is 0. The maximum atomic E-state index is 12.4. The van der Waals surface area contributed by atoms with Gasteiger partial charge in [0.2, 0.25) is 0 Å². The maximum Gasteiger partial charge on any atom is 0.387 e. The van der Waals surface area contributed by atoms with E-state index in [2.05, 4.69) is 14.8 Å². The number of hydrogen-bond donors (Lipinski definition) is 1. The number of amides is 1. The Bertz CT molecular complexity index is 579. The van der Waals surface area contributed by atoms with Gasteiger partial charge in [-0.2, -0.15) is 8.78 Å². The van der Waals surface area contributed by atoms with Gasteiger partial charge in [-0.25, -0.2) is 4.79 Å². The normalized spacial score (nSPS) is 13.2. The van der Waals surface area contributed by atoms with Crippen LogP contribution in [0.1, 0.15) is 30.6 Å². The number of benzene rings is 1. The Kier molecular flexibility index (Phi) is 6.29. The van der Waals surface area contributed by atoms with Gasteiger partial charge >= 0.3 is 12.6 Å². The summed E-state index contributed by atoms with van der Waals surface area (Å²) in [5.41, 5.74) is -1.18. The van der Waals surface area contributed by atoms with Crippen LogP contribution in [0.25, 0.3) is 0 Å². The zero-order valence-electron chi connectivity index (χ0n) is 13.3. The van der Waals surface area contributed by atoms with Crippen LogP contribution in [-0.4, -0.2) is 38.2 Å². The van der Waals surface area contributed by atoms with E-state index < -0.39 is 24.0 Å². The summed E-state index contributed by atoms with van der Waals surface area (Å²) in [5, 5.41) is 2.53. The summed E-state index contributed by atoms with van der Waals surface area (Å²) < 4.78 is 38.7. The van der Waals surface area contributed by atoms with Gasteiger partial charge in [-0.1, -0.05) is 6.92 Å². The molecule has 0 aliphatic carbocycles. The van der Waals surface area contributed by atoms with Gasteiger partial charge < -0.3 is 19.5 Å². The van der Waals surface area contributed by atoms with Crippen molar-refractivity contribution >= 4 is 11.9 Å². The quantitative estimate of drug-likeness (QED) is 0.777. The molecule has 0 heterocycles. The summed E-state index contributed by atoms with van der Waals surface area (Å²) in [6.45, 7) is 0.158. The van der Waals surface area contributed by atoms with Crippen molar-refractivity contribution in [3.63, 3.8) is 0 Å². The number of methoxy groups -OCH3 is 2. The maximum absolute atomic E-state index is 12.4. The van der Waals surface area contributed by atoms with Gasteiger partial charge in [0.15, 0.2) is 11.5 Å². The number of halogens is 2. The van der Waals surface area contributed by atoms with Gasteiger partial charge in [0.25, 0.3) is 5.91 Å². The highest BCUT2D eigenvalue weighted by atomic mass is 19.3. The molecule has 0 aliphatic heterocycles. The monoisotopic (exact) mass is 331 g/mol. The molecule has 1 aromatic carbocycles. The molecule has 0 saturated carbocycles. The van der Waals surface area contributed by atoms with Crippen molar-refractivity contribution in [2.75, 3.05) is 14.2 Å². The molecule has 1 unspecified atom stereocenters. The Labute approximate surface area is 132 Å². The third-order valence-electron chi connectivity index (χ3n) is 3.37. The Hall–Kier alpha value is -2.38. The van der Waals surface area contributed by atoms with E-state index in [1.54, 1.807) is 6.92 Å². The van der Waals surface area contributed by atoms with E-state index in [-0.39, 0.29) is 17.1 Å². The second kappa shape index (κ2) is 7.75. The first-order valence-electron chi connectivity index (χ1n) is 6.81. The molecule has 0 aromatic heterocycles. The number of alkyl halides is 2. The minimum Gasteiger partial charge on any atom is -0.493 e. The third kappa shape index (κ3) is 4.54. The summed E-state index contributed by atoms with van der Waals surface area (Å²) in [6.07, 6.45) is 0.294. The minimum absolute atomic E-state index is 0.0463. The van der Waals surface area contributed by atoms with Gasteiger partial charge in [-0.05, 0) is 31.5 Å². The molecule has 1 atom stereocenters. The molecule has 1 rings (SSSR count). The molecule has 0 radical (unpaired) electrons. The standard InChI is InChI=1S/C15H19F2NO5/c1-5-15(2,13(20)22-4)18-12(19)9-6-7-10(21-3)11(8-9)23-14(16)17/h6-8,14H,5H2,1-4H3,(H,18,19). The first-order valence-corrected chi connectivity index (χ1v) is 6.81. The molecular weight excluding hydrogens is 312 g/mol. The van der Waals surface area contributed by atoms with Crippen LogP contribution in [0.15, 0.2) is 18.2 Å². The predicted octanol–water partition coefficient (Wildman–Crippen LogP) is 2.37. The van der Waals surface area contributed by atoms with E-state index in [0.29, 0.717) is 6.42 Å². The number of rotatable bonds is 7. The average molecular weight is 331 g/mol. The molecule has 0 spiro atoms. The molecule has 6 nitrogen and oxygen atoms in total. The van der Waals surface area contributed by atoms with Crippen molar-refractivity contribution in [3.8, 4) is 11.5 Å². The van der Waals surface area contributed by atoms with Crippen molar-refractivity contribution in [1.82, 2.24) is 5.32 Å². The summed E-state index contributed by atoms with van der Waals surface area (Å²) in [6, 6.07) is 3.82. The smallest absolute Gasteiger partial charge is 0.387 e. The lowest BCUT2D eigenvalue weighted by Gasteiger charge is -2.26. The zero-order chi connectivity index (χ0) is 17.6. The SMILES string of the molecule is CCC(C)(NC(=O)c1ccc(OC)c(OC(F)F)c1)C(=O)OC. The van der Waals surface area contributed by atoms with E-state index in [0.717, 1.165) is 6.07 Å². The first kappa shape index (κ1) is 18.7. The van der Waals surface area contributed by atoms with Crippen LogP contribution in [0.5, 0.6) is 11.5 Å². The topological polar surface area (TPSA) is 73.9 Å². The van der Waals surface area contributed by atoms with Crippen LogP contribution >= 0.6 is 0 Å². The van der Waals surface area contributed by atoms with E-state index in [4.69, 9.17) is 4.74 Å². The van der Waals surface area contributed by atoms with Crippen LogP contribution < -0.4 is 14.8 Å². The Morgan fingerprint density at radius 2 is 1.91 bits per heavy atom. The fourth-order valence-corrected chi connectivity index (χ4v) is 1.84. The van der Waals surface area contributed by atoms with Crippen LogP contribution in [-0.2, 0) is 9.53 Å².